The molecule has 0 saturated carbocycles. The van der Waals surface area contributed by atoms with Crippen molar-refractivity contribution in [2.45, 2.75) is 6.54 Å². The second-order valence-electron chi connectivity index (χ2n) is 4.42. The summed E-state index contributed by atoms with van der Waals surface area (Å²) in [6.45, 7) is 0.629. The molecule has 6 nitrogen and oxygen atoms in total. The third-order valence-electron chi connectivity index (χ3n) is 3.10. The van der Waals surface area contributed by atoms with Crippen LogP contribution in [0.1, 0.15) is 5.56 Å². The van der Waals surface area contributed by atoms with Gasteiger partial charge in [-0.2, -0.15) is 0 Å². The highest BCUT2D eigenvalue weighted by Crippen LogP contribution is 2.36. The predicted octanol–water partition coefficient (Wildman–Crippen LogP) is 3.54. The van der Waals surface area contributed by atoms with E-state index < -0.39 is 0 Å². The molecule has 0 radical (unpaired) electrons. The largest absolute Gasteiger partial charge is 0.454 e. The van der Waals surface area contributed by atoms with Gasteiger partial charge < -0.3 is 14.8 Å². The van der Waals surface area contributed by atoms with Gasteiger partial charge in [-0.05, 0) is 40.8 Å². The normalized spacial score (nSPS) is 12.2. The van der Waals surface area contributed by atoms with Gasteiger partial charge in [0.05, 0.1) is 4.92 Å². The summed E-state index contributed by atoms with van der Waals surface area (Å²) in [5.74, 6) is 1.39. The number of hydrogen-bond donors (Lipinski definition) is 1. The molecule has 0 amide bonds. The van der Waals surface area contributed by atoms with Crippen molar-refractivity contribution in [3.63, 3.8) is 0 Å². The maximum absolute atomic E-state index is 11.1. The number of hydrogen-bond acceptors (Lipinski definition) is 5. The molecular formula is C14H11IN2O4. The number of rotatable bonds is 4. The summed E-state index contributed by atoms with van der Waals surface area (Å²) in [5, 5.41) is 14.2. The molecule has 0 fully saturated rings. The van der Waals surface area contributed by atoms with E-state index in [2.05, 4.69) is 27.9 Å². The summed E-state index contributed by atoms with van der Waals surface area (Å²) in [6.07, 6.45) is 0. The summed E-state index contributed by atoms with van der Waals surface area (Å²) in [4.78, 5) is 10.7. The summed E-state index contributed by atoms with van der Waals surface area (Å²) in [6, 6.07) is 10.7. The van der Waals surface area contributed by atoms with Crippen molar-refractivity contribution in [1.82, 2.24) is 0 Å². The first-order valence-electron chi connectivity index (χ1n) is 6.20. The van der Waals surface area contributed by atoms with E-state index in [1.807, 2.05) is 24.3 Å². The maximum atomic E-state index is 11.1. The second-order valence-corrected chi connectivity index (χ2v) is 5.67. The molecule has 0 aliphatic carbocycles. The van der Waals surface area contributed by atoms with E-state index in [-0.39, 0.29) is 17.4 Å². The van der Waals surface area contributed by atoms with E-state index in [0.717, 1.165) is 9.13 Å². The van der Waals surface area contributed by atoms with Gasteiger partial charge in [0.2, 0.25) is 6.79 Å². The Hall–Kier alpha value is -2.03. The molecule has 0 unspecified atom stereocenters. The van der Waals surface area contributed by atoms with Crippen LogP contribution in [0, 0.1) is 13.7 Å². The molecule has 0 saturated heterocycles. The van der Waals surface area contributed by atoms with Crippen LogP contribution in [0.2, 0.25) is 0 Å². The Morgan fingerprint density at radius 2 is 2.14 bits per heavy atom. The molecule has 0 aromatic heterocycles. The minimum atomic E-state index is -0.389. The van der Waals surface area contributed by atoms with E-state index in [1.165, 1.54) is 6.07 Å². The summed E-state index contributed by atoms with van der Waals surface area (Å²) in [7, 11) is 0. The van der Waals surface area contributed by atoms with Crippen molar-refractivity contribution >= 4 is 34.0 Å². The first-order valence-corrected chi connectivity index (χ1v) is 7.28. The fourth-order valence-electron chi connectivity index (χ4n) is 2.13. The number of fused-ring (bicyclic) bond motifs is 1. The van der Waals surface area contributed by atoms with Crippen LogP contribution in [0.3, 0.4) is 0 Å². The average molecular weight is 398 g/mol. The highest BCUT2D eigenvalue weighted by Gasteiger charge is 2.18. The number of halogens is 1. The smallest absolute Gasteiger partial charge is 0.293 e. The molecule has 1 heterocycles. The van der Waals surface area contributed by atoms with Crippen molar-refractivity contribution in [2.24, 2.45) is 0 Å². The van der Waals surface area contributed by atoms with E-state index in [1.54, 1.807) is 6.07 Å². The van der Waals surface area contributed by atoms with Gasteiger partial charge in [0, 0.05) is 21.7 Å². The second kappa shape index (κ2) is 5.76. The molecule has 2 aromatic rings. The Balaban J connectivity index is 1.83. The molecule has 0 bridgehead atoms. The maximum Gasteiger partial charge on any atom is 0.293 e. The molecule has 1 aliphatic heterocycles. The number of benzene rings is 2. The van der Waals surface area contributed by atoms with Gasteiger partial charge in [0.25, 0.3) is 5.69 Å². The third kappa shape index (κ3) is 2.87. The first-order chi connectivity index (χ1) is 10.1. The minimum Gasteiger partial charge on any atom is -0.454 e. The van der Waals surface area contributed by atoms with Crippen molar-refractivity contribution in [3.8, 4) is 11.5 Å². The zero-order chi connectivity index (χ0) is 14.8. The van der Waals surface area contributed by atoms with Gasteiger partial charge in [-0.25, -0.2) is 0 Å². The van der Waals surface area contributed by atoms with E-state index in [9.17, 15) is 10.1 Å². The van der Waals surface area contributed by atoms with Crippen LogP contribution in [0.25, 0.3) is 0 Å². The van der Waals surface area contributed by atoms with Crippen LogP contribution < -0.4 is 14.8 Å². The SMILES string of the molecule is O=[N+]([O-])c1cc(I)ccc1NCc1cccc2c1OCO2. The van der Waals surface area contributed by atoms with Crippen molar-refractivity contribution < 1.29 is 14.4 Å². The number of para-hydroxylation sites is 1. The first kappa shape index (κ1) is 13.9. The zero-order valence-corrected chi connectivity index (χ0v) is 13.0. The summed E-state index contributed by atoms with van der Waals surface area (Å²) < 4.78 is 11.5. The van der Waals surface area contributed by atoms with E-state index in [4.69, 9.17) is 9.47 Å². The van der Waals surface area contributed by atoms with Crippen molar-refractivity contribution in [1.29, 1.82) is 0 Å². The standard InChI is InChI=1S/C14H11IN2O4/c15-10-4-5-11(12(6-10)17(18)19)16-7-9-2-1-3-13-14(9)21-8-20-13/h1-6,16H,7-8H2. The minimum absolute atomic E-state index is 0.0617. The molecule has 21 heavy (non-hydrogen) atoms. The lowest BCUT2D eigenvalue weighted by molar-refractivity contribution is -0.384. The Bertz CT molecular complexity index is 705. The molecule has 1 N–H and O–H groups in total. The monoisotopic (exact) mass is 398 g/mol. The van der Waals surface area contributed by atoms with Gasteiger partial charge in [0.15, 0.2) is 11.5 Å². The van der Waals surface area contributed by atoms with Gasteiger partial charge >= 0.3 is 0 Å². The van der Waals surface area contributed by atoms with Gasteiger partial charge in [0.1, 0.15) is 5.69 Å². The number of nitrogens with one attached hydrogen (secondary N) is 1. The Labute approximate surface area is 134 Å². The number of nitrogens with zero attached hydrogens (tertiary/aromatic N) is 1. The summed E-state index contributed by atoms with van der Waals surface area (Å²) in [5.41, 5.74) is 1.45. The number of anilines is 1. The van der Waals surface area contributed by atoms with Crippen molar-refractivity contribution in [2.75, 3.05) is 12.1 Å². The van der Waals surface area contributed by atoms with E-state index in [0.29, 0.717) is 23.7 Å². The van der Waals surface area contributed by atoms with E-state index >= 15 is 0 Å². The van der Waals surface area contributed by atoms with Gasteiger partial charge in [-0.1, -0.05) is 12.1 Å². The van der Waals surface area contributed by atoms with Crippen LogP contribution in [0.4, 0.5) is 11.4 Å². The number of ether oxygens (including phenoxy) is 2. The molecule has 3 rings (SSSR count). The Morgan fingerprint density at radius 1 is 1.29 bits per heavy atom. The Kier molecular flexibility index (Phi) is 3.82. The molecule has 2 aromatic carbocycles. The molecule has 1 aliphatic rings. The highest BCUT2D eigenvalue weighted by atomic mass is 127. The summed E-state index contributed by atoms with van der Waals surface area (Å²) >= 11 is 2.05. The quantitative estimate of drug-likeness (QED) is 0.485. The number of nitro groups is 1. The number of nitro benzene ring substituents is 1. The van der Waals surface area contributed by atoms with Gasteiger partial charge in [-0.3, -0.25) is 10.1 Å². The van der Waals surface area contributed by atoms with Crippen molar-refractivity contribution in [3.05, 3.63) is 55.6 Å². The average Bonchev–Trinajstić information content (AvgIpc) is 2.94. The van der Waals surface area contributed by atoms with Crippen LogP contribution in [-0.2, 0) is 6.54 Å². The fourth-order valence-corrected chi connectivity index (χ4v) is 2.60. The molecule has 0 atom stereocenters. The fraction of sp³-hybridized carbons (Fsp3) is 0.143. The van der Waals surface area contributed by atoms with Crippen LogP contribution in [0.15, 0.2) is 36.4 Å². The lowest BCUT2D eigenvalue weighted by Crippen LogP contribution is -2.04. The molecule has 0 spiro atoms. The lowest BCUT2D eigenvalue weighted by atomic mass is 10.1. The van der Waals surface area contributed by atoms with Gasteiger partial charge in [-0.15, -0.1) is 0 Å². The lowest BCUT2D eigenvalue weighted by Gasteiger charge is -2.09. The zero-order valence-electron chi connectivity index (χ0n) is 10.8. The third-order valence-corrected chi connectivity index (χ3v) is 3.77. The molecule has 7 heteroatoms. The molecule has 108 valence electrons. The predicted molar refractivity (Wildman–Crippen MR) is 85.7 cm³/mol. The Morgan fingerprint density at radius 3 is 2.95 bits per heavy atom. The molecular weight excluding hydrogens is 387 g/mol. The highest BCUT2D eigenvalue weighted by molar-refractivity contribution is 14.1. The van der Waals surface area contributed by atoms with Crippen LogP contribution in [0.5, 0.6) is 11.5 Å². The van der Waals surface area contributed by atoms with Crippen LogP contribution in [-0.4, -0.2) is 11.7 Å². The van der Waals surface area contributed by atoms with Crippen LogP contribution >= 0.6 is 22.6 Å². The topological polar surface area (TPSA) is 73.6 Å².